The van der Waals surface area contributed by atoms with Crippen LogP contribution in [0.5, 0.6) is 0 Å². The minimum absolute atomic E-state index is 0.161. The molecule has 0 bridgehead atoms. The first-order chi connectivity index (χ1) is 6.42. The summed E-state index contributed by atoms with van der Waals surface area (Å²) in [5.41, 5.74) is 0. The highest BCUT2D eigenvalue weighted by Crippen LogP contribution is 2.41. The molecule has 0 amide bonds. The molecule has 0 spiro atoms. The highest BCUT2D eigenvalue weighted by Gasteiger charge is 2.35. The Hall–Kier alpha value is 0.135. The maximum Gasteiger partial charge on any atom is 0.325 e. The molecule has 1 rings (SSSR count). The lowest BCUT2D eigenvalue weighted by Gasteiger charge is -2.16. The Labute approximate surface area is 84.7 Å². The molecule has 1 aliphatic heterocycles. The van der Waals surface area contributed by atoms with Gasteiger partial charge in [0, 0.05) is 26.2 Å². The summed E-state index contributed by atoms with van der Waals surface area (Å²) >= 11 is 0. The molecular weight excluding hydrogens is 206 g/mol. The first-order valence-corrected chi connectivity index (χ1v) is 6.33. The third-order valence-corrected chi connectivity index (χ3v) is 2.56. The van der Waals surface area contributed by atoms with Crippen molar-refractivity contribution >= 4 is 15.4 Å². The van der Waals surface area contributed by atoms with E-state index in [0.29, 0.717) is 13.0 Å². The van der Waals surface area contributed by atoms with Crippen molar-refractivity contribution in [2.24, 2.45) is 0 Å². The van der Waals surface area contributed by atoms with Gasteiger partial charge in [-0.15, -0.1) is 0 Å². The molecule has 2 radical (unpaired) electrons. The maximum atomic E-state index is 11.0. The molecule has 4 atom stereocenters. The summed E-state index contributed by atoms with van der Waals surface area (Å²) < 4.78 is 26.0. The SMILES string of the molecule is [B][C@@H]1O[C@H](COC)C[C@H]1OP(C)(=O)O. The Morgan fingerprint density at radius 2 is 2.36 bits per heavy atom. The molecule has 0 aromatic carbocycles. The van der Waals surface area contributed by atoms with E-state index < -0.39 is 19.7 Å². The van der Waals surface area contributed by atoms with Crippen LogP contribution in [0.1, 0.15) is 6.42 Å². The van der Waals surface area contributed by atoms with Crippen molar-refractivity contribution in [3.63, 3.8) is 0 Å². The van der Waals surface area contributed by atoms with E-state index in [0.717, 1.165) is 6.66 Å². The van der Waals surface area contributed by atoms with E-state index in [4.69, 9.17) is 26.7 Å². The van der Waals surface area contributed by atoms with E-state index in [2.05, 4.69) is 0 Å². The van der Waals surface area contributed by atoms with Gasteiger partial charge >= 0.3 is 7.60 Å². The summed E-state index contributed by atoms with van der Waals surface area (Å²) in [6.45, 7) is 1.54. The highest BCUT2D eigenvalue weighted by molar-refractivity contribution is 7.51. The predicted molar refractivity (Wildman–Crippen MR) is 51.5 cm³/mol. The lowest BCUT2D eigenvalue weighted by molar-refractivity contribution is 0.0180. The largest absolute Gasteiger partial charge is 0.382 e. The average molecular weight is 220 g/mol. The molecule has 1 fully saturated rings. The van der Waals surface area contributed by atoms with Crippen LogP contribution in [0.25, 0.3) is 0 Å². The summed E-state index contributed by atoms with van der Waals surface area (Å²) in [5, 5.41) is 0. The predicted octanol–water partition coefficient (Wildman–Crippen LogP) is 0.117. The molecule has 1 heterocycles. The van der Waals surface area contributed by atoms with Crippen LogP contribution in [0.2, 0.25) is 0 Å². The molecule has 1 unspecified atom stereocenters. The molecule has 80 valence electrons. The quantitative estimate of drug-likeness (QED) is 0.538. The van der Waals surface area contributed by atoms with Crippen LogP contribution in [-0.4, -0.2) is 51.3 Å². The van der Waals surface area contributed by atoms with Gasteiger partial charge in [0.05, 0.1) is 18.8 Å². The molecule has 0 saturated carbocycles. The first kappa shape index (κ1) is 12.2. The highest BCUT2D eigenvalue weighted by atomic mass is 31.2. The molecule has 1 aliphatic rings. The van der Waals surface area contributed by atoms with E-state index in [1.54, 1.807) is 7.11 Å². The number of hydrogen-bond donors (Lipinski definition) is 1. The van der Waals surface area contributed by atoms with Gasteiger partial charge in [0.15, 0.2) is 0 Å². The molecule has 14 heavy (non-hydrogen) atoms. The topological polar surface area (TPSA) is 65.0 Å². The Bertz CT molecular complexity index is 230. The van der Waals surface area contributed by atoms with Crippen LogP contribution < -0.4 is 0 Å². The molecule has 0 aromatic heterocycles. The number of ether oxygens (including phenoxy) is 2. The molecule has 1 saturated heterocycles. The molecule has 0 aliphatic carbocycles. The van der Waals surface area contributed by atoms with Gasteiger partial charge in [0.1, 0.15) is 7.85 Å². The Morgan fingerprint density at radius 1 is 1.71 bits per heavy atom. The normalized spacial score (nSPS) is 36.9. The van der Waals surface area contributed by atoms with E-state index in [-0.39, 0.29) is 6.10 Å². The zero-order valence-electron chi connectivity index (χ0n) is 8.25. The molecular formula is C7H14BO5P. The second kappa shape index (κ2) is 4.77. The van der Waals surface area contributed by atoms with Crippen molar-refractivity contribution in [3.05, 3.63) is 0 Å². The fourth-order valence-corrected chi connectivity index (χ4v) is 2.11. The molecule has 1 N–H and O–H groups in total. The van der Waals surface area contributed by atoms with Crippen molar-refractivity contribution in [2.45, 2.75) is 24.6 Å². The summed E-state index contributed by atoms with van der Waals surface area (Å²) in [6, 6.07) is -0.657. The second-order valence-electron chi connectivity index (χ2n) is 3.36. The van der Waals surface area contributed by atoms with Crippen molar-refractivity contribution in [2.75, 3.05) is 20.4 Å². The summed E-state index contributed by atoms with van der Waals surface area (Å²) in [7, 11) is 3.63. The first-order valence-electron chi connectivity index (χ1n) is 4.31. The van der Waals surface area contributed by atoms with E-state index in [1.807, 2.05) is 0 Å². The minimum atomic E-state index is -3.50. The smallest absolute Gasteiger partial charge is 0.325 e. The maximum absolute atomic E-state index is 11.0. The van der Waals surface area contributed by atoms with Crippen molar-refractivity contribution in [1.82, 2.24) is 0 Å². The summed E-state index contributed by atoms with van der Waals surface area (Å²) in [4.78, 5) is 9.00. The van der Waals surface area contributed by atoms with Gasteiger partial charge in [0.2, 0.25) is 0 Å². The van der Waals surface area contributed by atoms with Crippen LogP contribution in [0.3, 0.4) is 0 Å². The van der Waals surface area contributed by atoms with E-state index >= 15 is 0 Å². The fourth-order valence-electron chi connectivity index (χ4n) is 1.41. The van der Waals surface area contributed by atoms with Crippen LogP contribution >= 0.6 is 7.60 Å². The standard InChI is InChI=1S/C7H14BO5P/c1-11-4-5-3-6(7(8)12-5)13-14(2,9)10/h5-7H,3-4H2,1-2H3,(H,9,10)/t5-,6+,7+/m0/s1. The summed E-state index contributed by atoms with van der Waals surface area (Å²) in [6.07, 6.45) is -0.213. The fraction of sp³-hybridized carbons (Fsp3) is 1.00. The van der Waals surface area contributed by atoms with Gasteiger partial charge in [-0.2, -0.15) is 0 Å². The molecule has 7 heteroatoms. The van der Waals surface area contributed by atoms with Crippen LogP contribution in [0.4, 0.5) is 0 Å². The number of hydrogen-bond acceptors (Lipinski definition) is 4. The molecule has 5 nitrogen and oxygen atoms in total. The van der Waals surface area contributed by atoms with Gasteiger partial charge in [-0.1, -0.05) is 0 Å². The van der Waals surface area contributed by atoms with Gasteiger partial charge in [-0.3, -0.25) is 4.57 Å². The Morgan fingerprint density at radius 3 is 2.86 bits per heavy atom. The van der Waals surface area contributed by atoms with Crippen molar-refractivity contribution in [1.29, 1.82) is 0 Å². The Kier molecular flexibility index (Phi) is 4.16. The zero-order chi connectivity index (χ0) is 10.8. The minimum Gasteiger partial charge on any atom is -0.382 e. The zero-order valence-corrected chi connectivity index (χ0v) is 9.15. The monoisotopic (exact) mass is 220 g/mol. The third kappa shape index (κ3) is 3.71. The van der Waals surface area contributed by atoms with Gasteiger partial charge in [-0.25, -0.2) is 0 Å². The van der Waals surface area contributed by atoms with Crippen LogP contribution in [0.15, 0.2) is 0 Å². The van der Waals surface area contributed by atoms with Crippen LogP contribution in [-0.2, 0) is 18.6 Å². The van der Waals surface area contributed by atoms with Gasteiger partial charge < -0.3 is 18.9 Å². The average Bonchev–Trinajstić information content (AvgIpc) is 2.29. The van der Waals surface area contributed by atoms with Gasteiger partial charge in [-0.05, 0) is 0 Å². The lowest BCUT2D eigenvalue weighted by Crippen LogP contribution is -2.23. The van der Waals surface area contributed by atoms with Crippen molar-refractivity contribution < 1.29 is 23.5 Å². The van der Waals surface area contributed by atoms with Gasteiger partial charge in [0.25, 0.3) is 0 Å². The Balaban J connectivity index is 2.44. The third-order valence-electron chi connectivity index (χ3n) is 1.89. The van der Waals surface area contributed by atoms with E-state index in [1.165, 1.54) is 0 Å². The summed E-state index contributed by atoms with van der Waals surface area (Å²) in [5.74, 6) is 0. The lowest BCUT2D eigenvalue weighted by atomic mass is 9.94. The van der Waals surface area contributed by atoms with E-state index in [9.17, 15) is 4.57 Å². The van der Waals surface area contributed by atoms with Crippen LogP contribution in [0, 0.1) is 0 Å². The van der Waals surface area contributed by atoms with Crippen molar-refractivity contribution in [3.8, 4) is 0 Å². The molecule has 0 aromatic rings. The second-order valence-corrected chi connectivity index (χ2v) is 5.18. The number of methoxy groups -OCH3 is 1. The number of rotatable bonds is 4.